The molecule has 0 atom stereocenters. The number of carbonyl (C=O) groups excluding carboxylic acids is 1. The van der Waals surface area contributed by atoms with Crippen LogP contribution in [0.1, 0.15) is 6.92 Å². The molecule has 0 aromatic heterocycles. The topological polar surface area (TPSA) is 44.8 Å². The minimum atomic E-state index is -3.16. The molecule has 0 saturated carbocycles. The summed E-state index contributed by atoms with van der Waals surface area (Å²) in [6.45, 7) is 5.12. The van der Waals surface area contributed by atoms with Gasteiger partial charge in [-0.3, -0.25) is 0 Å². The van der Waals surface area contributed by atoms with E-state index in [4.69, 9.17) is 13.3 Å². The maximum atomic E-state index is 11.6. The van der Waals surface area contributed by atoms with E-state index in [1.165, 1.54) is 14.2 Å². The average Bonchev–Trinajstić information content (AvgIpc) is 2.36. The average molecular weight is 252 g/mol. The third kappa shape index (κ3) is 3.03. The first-order chi connectivity index (χ1) is 8.05. The lowest BCUT2D eigenvalue weighted by atomic mass is 10.4. The smallest absolute Gasteiger partial charge is 0.467 e. The SMILES string of the molecule is C=C(C)C(=O)O[Si](OC)(OC)c1ccccc1. The van der Waals surface area contributed by atoms with Gasteiger partial charge < -0.3 is 13.3 Å². The van der Waals surface area contributed by atoms with Crippen molar-refractivity contribution in [2.45, 2.75) is 6.92 Å². The fraction of sp³-hybridized carbons (Fsp3) is 0.250. The fourth-order valence-electron chi connectivity index (χ4n) is 1.31. The van der Waals surface area contributed by atoms with E-state index in [1.807, 2.05) is 30.3 Å². The van der Waals surface area contributed by atoms with E-state index < -0.39 is 14.8 Å². The lowest BCUT2D eigenvalue weighted by Crippen LogP contribution is -2.56. The largest absolute Gasteiger partial charge is 0.604 e. The molecule has 92 valence electrons. The zero-order valence-electron chi connectivity index (χ0n) is 10.2. The predicted molar refractivity (Wildman–Crippen MR) is 66.8 cm³/mol. The molecule has 17 heavy (non-hydrogen) atoms. The van der Waals surface area contributed by atoms with Gasteiger partial charge in [0.25, 0.3) is 0 Å². The summed E-state index contributed by atoms with van der Waals surface area (Å²) in [6, 6.07) is 9.16. The van der Waals surface area contributed by atoms with Gasteiger partial charge in [0.05, 0.1) is 0 Å². The molecule has 0 saturated heterocycles. The van der Waals surface area contributed by atoms with Crippen LogP contribution in [0, 0.1) is 0 Å². The summed E-state index contributed by atoms with van der Waals surface area (Å²) < 4.78 is 16.0. The Bertz CT molecular complexity index is 398. The molecule has 1 aromatic rings. The molecular weight excluding hydrogens is 236 g/mol. The Kier molecular flexibility index (Phi) is 4.62. The molecule has 0 amide bonds. The number of carbonyl (C=O) groups is 1. The van der Waals surface area contributed by atoms with Gasteiger partial charge in [-0.05, 0) is 6.92 Å². The van der Waals surface area contributed by atoms with Crippen LogP contribution in [-0.4, -0.2) is 29.0 Å². The highest BCUT2D eigenvalue weighted by Gasteiger charge is 2.45. The van der Waals surface area contributed by atoms with Crippen molar-refractivity contribution in [2.75, 3.05) is 14.2 Å². The molecule has 0 heterocycles. The van der Waals surface area contributed by atoms with Crippen molar-refractivity contribution in [1.29, 1.82) is 0 Å². The number of benzene rings is 1. The monoisotopic (exact) mass is 252 g/mol. The first kappa shape index (κ1) is 13.6. The van der Waals surface area contributed by atoms with Gasteiger partial charge in [0.2, 0.25) is 0 Å². The van der Waals surface area contributed by atoms with Crippen LogP contribution in [0.4, 0.5) is 0 Å². The summed E-state index contributed by atoms with van der Waals surface area (Å²) in [6.07, 6.45) is 0. The van der Waals surface area contributed by atoms with Gasteiger partial charge in [-0.2, -0.15) is 0 Å². The summed E-state index contributed by atoms with van der Waals surface area (Å²) in [7, 11) is -0.222. The number of hydrogen-bond acceptors (Lipinski definition) is 4. The summed E-state index contributed by atoms with van der Waals surface area (Å²) in [4.78, 5) is 11.6. The zero-order valence-corrected chi connectivity index (χ0v) is 11.2. The van der Waals surface area contributed by atoms with Gasteiger partial charge in [-0.1, -0.05) is 36.9 Å². The van der Waals surface area contributed by atoms with E-state index in [1.54, 1.807) is 6.92 Å². The Morgan fingerprint density at radius 3 is 2.12 bits per heavy atom. The molecule has 1 aromatic carbocycles. The number of rotatable bonds is 5. The van der Waals surface area contributed by atoms with Crippen LogP contribution in [-0.2, 0) is 18.1 Å². The summed E-state index contributed by atoms with van der Waals surface area (Å²) in [5, 5.41) is 0.736. The highest BCUT2D eigenvalue weighted by atomic mass is 28.4. The molecule has 0 aliphatic heterocycles. The third-order valence-electron chi connectivity index (χ3n) is 2.24. The van der Waals surface area contributed by atoms with Crippen molar-refractivity contribution < 1.29 is 18.1 Å². The quantitative estimate of drug-likeness (QED) is 0.584. The van der Waals surface area contributed by atoms with Crippen LogP contribution in [0.15, 0.2) is 42.5 Å². The minimum Gasteiger partial charge on any atom is -0.467 e. The van der Waals surface area contributed by atoms with E-state index in [0.717, 1.165) is 5.19 Å². The summed E-state index contributed by atoms with van der Waals surface area (Å²) >= 11 is 0. The molecule has 4 nitrogen and oxygen atoms in total. The number of hydrogen-bond donors (Lipinski definition) is 0. The molecule has 0 bridgehead atoms. The van der Waals surface area contributed by atoms with Gasteiger partial charge in [-0.25, -0.2) is 4.79 Å². The second-order valence-corrected chi connectivity index (χ2v) is 6.21. The van der Waals surface area contributed by atoms with E-state index in [2.05, 4.69) is 6.58 Å². The Morgan fingerprint density at radius 2 is 1.71 bits per heavy atom. The standard InChI is InChI=1S/C12H16O4Si/c1-10(2)12(13)16-17(14-3,15-4)11-8-6-5-7-9-11/h5-9H,1H2,2-4H3. The highest BCUT2D eigenvalue weighted by Crippen LogP contribution is 2.10. The van der Waals surface area contributed by atoms with Gasteiger partial charge in [-0.15, -0.1) is 0 Å². The molecule has 0 fully saturated rings. The van der Waals surface area contributed by atoms with Gasteiger partial charge in [0.15, 0.2) is 0 Å². The van der Waals surface area contributed by atoms with E-state index in [-0.39, 0.29) is 0 Å². The van der Waals surface area contributed by atoms with Gasteiger partial charge >= 0.3 is 14.8 Å². The molecule has 0 aliphatic rings. The lowest BCUT2D eigenvalue weighted by molar-refractivity contribution is -0.133. The van der Waals surface area contributed by atoms with Crippen molar-refractivity contribution in [1.82, 2.24) is 0 Å². The van der Waals surface area contributed by atoms with E-state index in [0.29, 0.717) is 5.57 Å². The van der Waals surface area contributed by atoms with Crippen molar-refractivity contribution in [2.24, 2.45) is 0 Å². The summed E-state index contributed by atoms with van der Waals surface area (Å²) in [5.74, 6) is -0.510. The van der Waals surface area contributed by atoms with Gasteiger partial charge in [0, 0.05) is 25.0 Å². The normalized spacial score (nSPS) is 11.0. The van der Waals surface area contributed by atoms with Gasteiger partial charge in [0.1, 0.15) is 0 Å². The first-order valence-electron chi connectivity index (χ1n) is 5.10. The molecule has 0 N–H and O–H groups in total. The minimum absolute atomic E-state index is 0.312. The zero-order chi connectivity index (χ0) is 12.9. The highest BCUT2D eigenvalue weighted by molar-refractivity contribution is 6.76. The molecule has 0 unspecified atom stereocenters. The van der Waals surface area contributed by atoms with Crippen LogP contribution in [0.5, 0.6) is 0 Å². The van der Waals surface area contributed by atoms with E-state index >= 15 is 0 Å². The van der Waals surface area contributed by atoms with Crippen LogP contribution in [0.25, 0.3) is 0 Å². The summed E-state index contributed by atoms with van der Waals surface area (Å²) in [5.41, 5.74) is 0.312. The van der Waals surface area contributed by atoms with Crippen LogP contribution in [0.2, 0.25) is 0 Å². The first-order valence-corrected chi connectivity index (χ1v) is 6.83. The third-order valence-corrected chi connectivity index (χ3v) is 4.81. The van der Waals surface area contributed by atoms with E-state index in [9.17, 15) is 4.79 Å². The fourth-order valence-corrected chi connectivity index (χ4v) is 3.25. The second-order valence-electron chi connectivity index (χ2n) is 3.50. The molecule has 5 heteroatoms. The Hall–Kier alpha value is -1.43. The van der Waals surface area contributed by atoms with Crippen molar-refractivity contribution >= 4 is 20.0 Å². The van der Waals surface area contributed by atoms with Crippen LogP contribution < -0.4 is 5.19 Å². The van der Waals surface area contributed by atoms with Crippen LogP contribution >= 0.6 is 0 Å². The van der Waals surface area contributed by atoms with Crippen molar-refractivity contribution in [3.05, 3.63) is 42.5 Å². The maximum Gasteiger partial charge on any atom is 0.604 e. The Morgan fingerprint density at radius 1 is 1.18 bits per heavy atom. The van der Waals surface area contributed by atoms with Crippen molar-refractivity contribution in [3.8, 4) is 0 Å². The Balaban J connectivity index is 3.06. The molecule has 1 rings (SSSR count). The Labute approximate surface area is 102 Å². The molecule has 0 radical (unpaired) electrons. The lowest BCUT2D eigenvalue weighted by Gasteiger charge is -2.25. The molecule has 0 aliphatic carbocycles. The van der Waals surface area contributed by atoms with Crippen LogP contribution in [0.3, 0.4) is 0 Å². The maximum absolute atomic E-state index is 11.6. The predicted octanol–water partition coefficient (Wildman–Crippen LogP) is 1.24. The van der Waals surface area contributed by atoms with Crippen molar-refractivity contribution in [3.63, 3.8) is 0 Å². The molecule has 0 spiro atoms. The second kappa shape index (κ2) is 5.76. The molecular formula is C12H16O4Si.